The Bertz CT molecular complexity index is 889. The van der Waals surface area contributed by atoms with Gasteiger partial charge in [0, 0.05) is 23.4 Å². The molecule has 2 aromatic carbocycles. The van der Waals surface area contributed by atoms with Gasteiger partial charge in [0.05, 0.1) is 11.1 Å². The van der Waals surface area contributed by atoms with Gasteiger partial charge in [0.1, 0.15) is 5.75 Å². The van der Waals surface area contributed by atoms with Crippen LogP contribution in [0.15, 0.2) is 46.9 Å². The van der Waals surface area contributed by atoms with Crippen molar-refractivity contribution in [2.75, 3.05) is 18.5 Å². The van der Waals surface area contributed by atoms with E-state index in [4.69, 9.17) is 17.0 Å². The number of ether oxygens (including phenoxy) is 1. The van der Waals surface area contributed by atoms with Crippen LogP contribution in [0.1, 0.15) is 47.4 Å². The minimum absolute atomic E-state index is 0.141. The van der Waals surface area contributed by atoms with Gasteiger partial charge in [-0.15, -0.1) is 0 Å². The summed E-state index contributed by atoms with van der Waals surface area (Å²) in [6, 6.07) is 12.0. The fourth-order valence-corrected chi connectivity index (χ4v) is 3.13. The van der Waals surface area contributed by atoms with Crippen molar-refractivity contribution in [1.29, 1.82) is 0 Å². The van der Waals surface area contributed by atoms with E-state index >= 15 is 0 Å². The highest BCUT2D eigenvalue weighted by molar-refractivity contribution is 9.10. The Hall–Kier alpha value is -2.45. The van der Waals surface area contributed by atoms with Gasteiger partial charge in [0.25, 0.3) is 11.8 Å². The number of hydrogen-bond donors (Lipinski definition) is 3. The molecule has 0 fully saturated rings. The molecule has 0 unspecified atom stereocenters. The van der Waals surface area contributed by atoms with E-state index < -0.39 is 0 Å². The second-order valence-corrected chi connectivity index (χ2v) is 7.46. The molecular weight excluding hydrogens is 454 g/mol. The van der Waals surface area contributed by atoms with Gasteiger partial charge in [-0.25, -0.2) is 0 Å². The zero-order valence-electron chi connectivity index (χ0n) is 16.4. The highest BCUT2D eigenvalue weighted by Crippen LogP contribution is 2.26. The second kappa shape index (κ2) is 11.5. The third-order valence-electron chi connectivity index (χ3n) is 3.90. The van der Waals surface area contributed by atoms with Crippen molar-refractivity contribution in [3.63, 3.8) is 0 Å². The van der Waals surface area contributed by atoms with Crippen molar-refractivity contribution < 1.29 is 14.3 Å². The molecule has 0 atom stereocenters. The quantitative estimate of drug-likeness (QED) is 0.385. The van der Waals surface area contributed by atoms with Crippen molar-refractivity contribution in [3.8, 4) is 5.75 Å². The van der Waals surface area contributed by atoms with Crippen molar-refractivity contribution >= 4 is 50.8 Å². The molecule has 0 aliphatic rings. The second-order valence-electron chi connectivity index (χ2n) is 6.20. The van der Waals surface area contributed by atoms with Gasteiger partial charge in [0.2, 0.25) is 0 Å². The van der Waals surface area contributed by atoms with Crippen LogP contribution in [0.3, 0.4) is 0 Å². The van der Waals surface area contributed by atoms with E-state index in [2.05, 4.69) is 38.8 Å². The molecule has 0 radical (unpaired) electrons. The van der Waals surface area contributed by atoms with Gasteiger partial charge in [-0.1, -0.05) is 19.4 Å². The first-order valence-corrected chi connectivity index (χ1v) is 10.6. The number of anilines is 1. The molecule has 0 spiro atoms. The topological polar surface area (TPSA) is 79.5 Å². The summed E-state index contributed by atoms with van der Waals surface area (Å²) >= 11 is 8.65. The van der Waals surface area contributed by atoms with Crippen LogP contribution in [0.4, 0.5) is 5.69 Å². The Morgan fingerprint density at radius 3 is 2.52 bits per heavy atom. The van der Waals surface area contributed by atoms with Crippen molar-refractivity contribution in [2.45, 2.75) is 26.7 Å². The van der Waals surface area contributed by atoms with E-state index in [1.165, 1.54) is 0 Å². The smallest absolute Gasteiger partial charge is 0.257 e. The number of benzene rings is 2. The van der Waals surface area contributed by atoms with Crippen LogP contribution in [-0.4, -0.2) is 30.1 Å². The standard InChI is InChI=1S/C21H24BrN3O3S/c1-3-5-11-28-18-10-9-15(13-17(18)22)20(27)25-21(29)24-16-8-6-7-14(12-16)19(26)23-4-2/h6-10,12-13H,3-5,11H2,1-2H3,(H,23,26)(H2,24,25,27,29). The molecule has 29 heavy (non-hydrogen) atoms. The van der Waals surface area contributed by atoms with Gasteiger partial charge in [0.15, 0.2) is 5.11 Å². The minimum atomic E-state index is -0.344. The summed E-state index contributed by atoms with van der Waals surface area (Å²) in [5.41, 5.74) is 1.56. The number of nitrogens with one attached hydrogen (secondary N) is 3. The maximum Gasteiger partial charge on any atom is 0.257 e. The average Bonchev–Trinajstić information content (AvgIpc) is 2.69. The molecule has 154 valence electrons. The molecule has 2 amide bonds. The fourth-order valence-electron chi connectivity index (χ4n) is 2.42. The number of unbranched alkanes of at least 4 members (excludes halogenated alkanes) is 1. The van der Waals surface area contributed by atoms with E-state index in [1.807, 2.05) is 6.92 Å². The van der Waals surface area contributed by atoms with Crippen LogP contribution in [0.25, 0.3) is 0 Å². The third-order valence-corrected chi connectivity index (χ3v) is 4.72. The van der Waals surface area contributed by atoms with Crippen molar-refractivity contribution in [2.24, 2.45) is 0 Å². The zero-order chi connectivity index (χ0) is 21.2. The summed E-state index contributed by atoms with van der Waals surface area (Å²) in [6.45, 7) is 5.12. The number of carbonyl (C=O) groups excluding carboxylic acids is 2. The van der Waals surface area contributed by atoms with Crippen molar-refractivity contribution in [1.82, 2.24) is 10.6 Å². The van der Waals surface area contributed by atoms with Crippen LogP contribution in [0.2, 0.25) is 0 Å². The van der Waals surface area contributed by atoms with E-state index in [1.54, 1.807) is 42.5 Å². The molecule has 2 rings (SSSR count). The Labute approximate surface area is 184 Å². The predicted molar refractivity (Wildman–Crippen MR) is 123 cm³/mol. The lowest BCUT2D eigenvalue weighted by molar-refractivity contribution is 0.0953. The maximum atomic E-state index is 12.5. The zero-order valence-corrected chi connectivity index (χ0v) is 18.8. The number of amides is 2. The lowest BCUT2D eigenvalue weighted by atomic mass is 10.2. The minimum Gasteiger partial charge on any atom is -0.492 e. The summed E-state index contributed by atoms with van der Waals surface area (Å²) in [7, 11) is 0. The predicted octanol–water partition coefficient (Wildman–Crippen LogP) is 4.50. The van der Waals surface area contributed by atoms with E-state index in [9.17, 15) is 9.59 Å². The van der Waals surface area contributed by atoms with Crippen molar-refractivity contribution in [3.05, 3.63) is 58.1 Å². The Kier molecular flexibility index (Phi) is 9.08. The lowest BCUT2D eigenvalue weighted by Gasteiger charge is -2.12. The van der Waals surface area contributed by atoms with Gasteiger partial charge in [-0.3, -0.25) is 14.9 Å². The highest BCUT2D eigenvalue weighted by atomic mass is 79.9. The Morgan fingerprint density at radius 1 is 1.07 bits per heavy atom. The summed E-state index contributed by atoms with van der Waals surface area (Å²) in [5.74, 6) is 0.179. The molecular formula is C21H24BrN3O3S. The molecule has 3 N–H and O–H groups in total. The maximum absolute atomic E-state index is 12.5. The number of carbonyl (C=O) groups is 2. The molecule has 0 saturated carbocycles. The van der Waals surface area contributed by atoms with Gasteiger partial charge < -0.3 is 15.4 Å². The highest BCUT2D eigenvalue weighted by Gasteiger charge is 2.12. The number of rotatable bonds is 8. The summed E-state index contributed by atoms with van der Waals surface area (Å²) < 4.78 is 6.37. The number of hydrogen-bond acceptors (Lipinski definition) is 4. The van der Waals surface area contributed by atoms with Crippen LogP contribution >= 0.6 is 28.1 Å². The number of thiocarbonyl (C=S) groups is 1. The SMILES string of the molecule is CCCCOc1ccc(C(=O)NC(=S)Nc2cccc(C(=O)NCC)c2)cc1Br. The van der Waals surface area contributed by atoms with Crippen LogP contribution in [0, 0.1) is 0 Å². The first-order valence-electron chi connectivity index (χ1n) is 9.37. The van der Waals surface area contributed by atoms with E-state index in [-0.39, 0.29) is 16.9 Å². The Morgan fingerprint density at radius 2 is 1.83 bits per heavy atom. The molecule has 0 aliphatic heterocycles. The molecule has 0 bridgehead atoms. The molecule has 0 aromatic heterocycles. The molecule has 2 aromatic rings. The van der Waals surface area contributed by atoms with Gasteiger partial charge in [-0.05, 0) is 77.9 Å². The molecule has 0 heterocycles. The summed E-state index contributed by atoms with van der Waals surface area (Å²) in [4.78, 5) is 24.4. The number of halogens is 1. The van der Waals surface area contributed by atoms with E-state index in [0.717, 1.165) is 12.8 Å². The fraction of sp³-hybridized carbons (Fsp3) is 0.286. The van der Waals surface area contributed by atoms with Gasteiger partial charge >= 0.3 is 0 Å². The first-order chi connectivity index (χ1) is 13.9. The van der Waals surface area contributed by atoms with E-state index in [0.29, 0.717) is 40.2 Å². The lowest BCUT2D eigenvalue weighted by Crippen LogP contribution is -2.34. The first kappa shape index (κ1) is 22.8. The van der Waals surface area contributed by atoms with Gasteiger partial charge in [-0.2, -0.15) is 0 Å². The summed E-state index contributed by atoms with van der Waals surface area (Å²) in [5, 5.41) is 8.44. The third kappa shape index (κ3) is 7.14. The molecule has 6 nitrogen and oxygen atoms in total. The largest absolute Gasteiger partial charge is 0.492 e. The average molecular weight is 478 g/mol. The Balaban J connectivity index is 1.97. The van der Waals surface area contributed by atoms with Crippen LogP contribution in [-0.2, 0) is 0 Å². The molecule has 0 aliphatic carbocycles. The summed E-state index contributed by atoms with van der Waals surface area (Å²) in [6.07, 6.45) is 2.02. The monoisotopic (exact) mass is 477 g/mol. The normalized spacial score (nSPS) is 10.2. The molecule has 0 saturated heterocycles. The van der Waals surface area contributed by atoms with Crippen LogP contribution in [0.5, 0.6) is 5.75 Å². The molecule has 8 heteroatoms. The van der Waals surface area contributed by atoms with Crippen LogP contribution < -0.4 is 20.7 Å².